The fourth-order valence-electron chi connectivity index (χ4n) is 1.74. The minimum atomic E-state index is 0.298. The van der Waals surface area contributed by atoms with Crippen LogP contribution in [-0.4, -0.2) is 9.97 Å². The van der Waals surface area contributed by atoms with Crippen LogP contribution in [0.25, 0.3) is 21.7 Å². The van der Waals surface area contributed by atoms with E-state index in [1.165, 1.54) is 0 Å². The van der Waals surface area contributed by atoms with Gasteiger partial charge < -0.3 is 4.42 Å². The molecule has 0 N–H and O–H groups in total. The Morgan fingerprint density at radius 1 is 1.29 bits per heavy atom. The number of oxazole rings is 1. The van der Waals surface area contributed by atoms with Gasteiger partial charge in [0.15, 0.2) is 11.5 Å². The summed E-state index contributed by atoms with van der Waals surface area (Å²) in [4.78, 5) is 8.81. The van der Waals surface area contributed by atoms with E-state index in [9.17, 15) is 0 Å². The highest BCUT2D eigenvalue weighted by Crippen LogP contribution is 2.31. The smallest absolute Gasteiger partial charge is 0.198 e. The first-order valence-corrected chi connectivity index (χ1v) is 6.43. The molecule has 0 amide bonds. The Balaban J connectivity index is 2.25. The minimum Gasteiger partial charge on any atom is -0.440 e. The lowest BCUT2D eigenvalue weighted by Gasteiger charge is -1.97. The van der Waals surface area contributed by atoms with Crippen LogP contribution in [0.3, 0.4) is 0 Å². The number of benzene rings is 1. The molecule has 0 saturated carbocycles. The molecule has 4 heteroatoms. The summed E-state index contributed by atoms with van der Waals surface area (Å²) in [6, 6.07) is 5.99. The summed E-state index contributed by atoms with van der Waals surface area (Å²) in [5.74, 6) is 1.08. The fraction of sp³-hybridized carbons (Fsp3) is 0.231. The van der Waals surface area contributed by atoms with Crippen LogP contribution in [0.15, 0.2) is 34.2 Å². The third-order valence-electron chi connectivity index (χ3n) is 2.59. The van der Waals surface area contributed by atoms with Gasteiger partial charge in [0.2, 0.25) is 0 Å². The van der Waals surface area contributed by atoms with Crippen LogP contribution < -0.4 is 0 Å². The van der Waals surface area contributed by atoms with E-state index >= 15 is 0 Å². The van der Waals surface area contributed by atoms with E-state index in [0.717, 1.165) is 27.6 Å². The quantitative estimate of drug-likeness (QED) is 0.682. The second kappa shape index (κ2) is 3.96. The Morgan fingerprint density at radius 2 is 2.18 bits per heavy atom. The standard InChI is InChI=1S/C13H12N2OS/c1-8(2)12-15-10-5-3-4-9(11(10)16-12)13-14-6-7-17-13/h3-8H,1-2H3. The number of thiazole rings is 1. The third kappa shape index (κ3) is 1.74. The number of hydrogen-bond donors (Lipinski definition) is 0. The molecule has 86 valence electrons. The number of aromatic nitrogens is 2. The predicted molar refractivity (Wildman–Crippen MR) is 69.2 cm³/mol. The molecule has 0 atom stereocenters. The van der Waals surface area contributed by atoms with Crippen LogP contribution in [-0.2, 0) is 0 Å². The molecule has 0 bridgehead atoms. The van der Waals surface area contributed by atoms with Gasteiger partial charge in [-0.3, -0.25) is 0 Å². The summed E-state index contributed by atoms with van der Waals surface area (Å²) in [5.41, 5.74) is 2.77. The molecule has 0 radical (unpaired) electrons. The Kier molecular flexibility index (Phi) is 2.44. The van der Waals surface area contributed by atoms with Gasteiger partial charge in [0.05, 0.1) is 5.56 Å². The average molecular weight is 244 g/mol. The molecule has 2 aromatic heterocycles. The van der Waals surface area contributed by atoms with Crippen molar-refractivity contribution in [2.45, 2.75) is 19.8 Å². The van der Waals surface area contributed by atoms with E-state index in [1.54, 1.807) is 17.5 Å². The van der Waals surface area contributed by atoms with E-state index in [0.29, 0.717) is 5.92 Å². The van der Waals surface area contributed by atoms with Gasteiger partial charge >= 0.3 is 0 Å². The number of fused-ring (bicyclic) bond motifs is 1. The predicted octanol–water partition coefficient (Wildman–Crippen LogP) is 4.07. The first kappa shape index (κ1) is 10.5. The van der Waals surface area contributed by atoms with Crippen molar-refractivity contribution in [3.63, 3.8) is 0 Å². The van der Waals surface area contributed by atoms with Crippen LogP contribution >= 0.6 is 11.3 Å². The lowest BCUT2D eigenvalue weighted by molar-refractivity contribution is 0.502. The van der Waals surface area contributed by atoms with E-state index in [4.69, 9.17) is 4.42 Å². The summed E-state index contributed by atoms with van der Waals surface area (Å²) in [5, 5.41) is 2.94. The molecule has 17 heavy (non-hydrogen) atoms. The topological polar surface area (TPSA) is 38.9 Å². The van der Waals surface area contributed by atoms with Crippen LogP contribution in [0.1, 0.15) is 25.7 Å². The number of nitrogens with zero attached hydrogens (tertiary/aromatic N) is 2. The van der Waals surface area contributed by atoms with Gasteiger partial charge in [-0.2, -0.15) is 0 Å². The summed E-state index contributed by atoms with van der Waals surface area (Å²) in [6.07, 6.45) is 1.80. The Labute approximate surface area is 103 Å². The average Bonchev–Trinajstić information content (AvgIpc) is 2.97. The highest BCUT2D eigenvalue weighted by Gasteiger charge is 2.14. The van der Waals surface area contributed by atoms with Gasteiger partial charge in [-0.25, -0.2) is 9.97 Å². The zero-order chi connectivity index (χ0) is 11.8. The first-order valence-electron chi connectivity index (χ1n) is 5.55. The molecule has 0 spiro atoms. The normalized spacial score (nSPS) is 11.5. The van der Waals surface area contributed by atoms with Crippen molar-refractivity contribution in [3.05, 3.63) is 35.7 Å². The summed E-state index contributed by atoms with van der Waals surface area (Å²) >= 11 is 1.61. The number of rotatable bonds is 2. The number of hydrogen-bond acceptors (Lipinski definition) is 4. The van der Waals surface area contributed by atoms with Crippen LogP contribution in [0.5, 0.6) is 0 Å². The maximum absolute atomic E-state index is 5.84. The molecule has 0 aliphatic rings. The fourth-order valence-corrected chi connectivity index (χ4v) is 2.40. The van der Waals surface area contributed by atoms with Gasteiger partial charge in [0, 0.05) is 17.5 Å². The van der Waals surface area contributed by atoms with Crippen molar-refractivity contribution in [1.82, 2.24) is 9.97 Å². The van der Waals surface area contributed by atoms with Gasteiger partial charge in [-0.05, 0) is 12.1 Å². The highest BCUT2D eigenvalue weighted by molar-refractivity contribution is 7.13. The third-order valence-corrected chi connectivity index (χ3v) is 3.39. The first-order chi connectivity index (χ1) is 8.25. The SMILES string of the molecule is CC(C)c1nc2cccc(-c3nccs3)c2o1. The summed E-state index contributed by atoms with van der Waals surface area (Å²) in [6.45, 7) is 4.15. The Hall–Kier alpha value is -1.68. The zero-order valence-electron chi connectivity index (χ0n) is 9.68. The van der Waals surface area contributed by atoms with E-state index in [1.807, 2.05) is 23.6 Å². The molecule has 2 heterocycles. The van der Waals surface area contributed by atoms with Crippen molar-refractivity contribution in [1.29, 1.82) is 0 Å². The van der Waals surface area contributed by atoms with Gasteiger partial charge in [-0.15, -0.1) is 11.3 Å². The second-order valence-electron chi connectivity index (χ2n) is 4.20. The van der Waals surface area contributed by atoms with E-state index in [-0.39, 0.29) is 0 Å². The Bertz CT molecular complexity index is 641. The van der Waals surface area contributed by atoms with Crippen molar-refractivity contribution in [2.75, 3.05) is 0 Å². The maximum atomic E-state index is 5.84. The lowest BCUT2D eigenvalue weighted by atomic mass is 10.2. The van der Waals surface area contributed by atoms with Crippen molar-refractivity contribution >= 4 is 22.4 Å². The van der Waals surface area contributed by atoms with E-state index < -0.39 is 0 Å². The molecule has 0 aliphatic heterocycles. The Morgan fingerprint density at radius 3 is 2.88 bits per heavy atom. The highest BCUT2D eigenvalue weighted by atomic mass is 32.1. The molecule has 0 fully saturated rings. The lowest BCUT2D eigenvalue weighted by Crippen LogP contribution is -1.84. The molecule has 3 nitrogen and oxygen atoms in total. The monoisotopic (exact) mass is 244 g/mol. The molecule has 3 rings (SSSR count). The molecular weight excluding hydrogens is 232 g/mol. The van der Waals surface area contributed by atoms with Gasteiger partial charge in [0.1, 0.15) is 10.5 Å². The van der Waals surface area contributed by atoms with Crippen molar-refractivity contribution < 1.29 is 4.42 Å². The molecule has 3 aromatic rings. The zero-order valence-corrected chi connectivity index (χ0v) is 10.5. The molecule has 0 saturated heterocycles. The summed E-state index contributed by atoms with van der Waals surface area (Å²) < 4.78 is 5.84. The molecule has 1 aromatic carbocycles. The van der Waals surface area contributed by atoms with Crippen LogP contribution in [0.2, 0.25) is 0 Å². The molecular formula is C13H12N2OS. The largest absolute Gasteiger partial charge is 0.440 e. The molecule has 0 aliphatic carbocycles. The van der Waals surface area contributed by atoms with E-state index in [2.05, 4.69) is 23.8 Å². The second-order valence-corrected chi connectivity index (χ2v) is 5.09. The maximum Gasteiger partial charge on any atom is 0.198 e. The summed E-state index contributed by atoms with van der Waals surface area (Å²) in [7, 11) is 0. The van der Waals surface area contributed by atoms with Crippen molar-refractivity contribution in [2.24, 2.45) is 0 Å². The van der Waals surface area contributed by atoms with Crippen LogP contribution in [0, 0.1) is 0 Å². The number of para-hydroxylation sites is 1. The van der Waals surface area contributed by atoms with Crippen molar-refractivity contribution in [3.8, 4) is 10.6 Å². The van der Waals surface area contributed by atoms with Crippen LogP contribution in [0.4, 0.5) is 0 Å². The minimum absolute atomic E-state index is 0.298. The molecule has 0 unspecified atom stereocenters. The van der Waals surface area contributed by atoms with Gasteiger partial charge in [-0.1, -0.05) is 19.9 Å². The van der Waals surface area contributed by atoms with Gasteiger partial charge in [0.25, 0.3) is 0 Å².